The van der Waals surface area contributed by atoms with Crippen molar-refractivity contribution >= 4 is 17.9 Å². The van der Waals surface area contributed by atoms with Crippen LogP contribution in [0.4, 0.5) is 8.78 Å². The summed E-state index contributed by atoms with van der Waals surface area (Å²) in [5.74, 6) is 0.0523. The SMILES string of the molecule is C=Cc1cc(F)c(COc2ccc(/C=C3\Cc4cc(OCc5ccc(C(C)O)cc5)ccc4C3=O)cc2)cc1F. The molecule has 1 N–H and O–H groups in total. The summed E-state index contributed by atoms with van der Waals surface area (Å²) < 4.78 is 39.7. The van der Waals surface area contributed by atoms with Crippen LogP contribution in [0.15, 0.2) is 91.0 Å². The molecule has 5 rings (SSSR count). The van der Waals surface area contributed by atoms with E-state index in [0.717, 1.165) is 34.4 Å². The molecule has 1 aliphatic rings. The Morgan fingerprint density at radius 1 is 0.900 bits per heavy atom. The normalized spacial score (nSPS) is 14.2. The first-order chi connectivity index (χ1) is 19.3. The zero-order chi connectivity index (χ0) is 28.2. The molecule has 0 spiro atoms. The van der Waals surface area contributed by atoms with E-state index in [2.05, 4.69) is 6.58 Å². The first kappa shape index (κ1) is 27.0. The van der Waals surface area contributed by atoms with Gasteiger partial charge in [-0.2, -0.15) is 0 Å². The minimum Gasteiger partial charge on any atom is -0.489 e. The van der Waals surface area contributed by atoms with E-state index in [1.807, 2.05) is 48.5 Å². The number of Topliss-reactive ketones (excluding diaryl/α,β-unsaturated/α-hetero) is 1. The van der Waals surface area contributed by atoms with Crippen LogP contribution in [0.25, 0.3) is 12.2 Å². The Balaban J connectivity index is 1.20. The molecule has 0 radical (unpaired) electrons. The average molecular weight is 539 g/mol. The number of halogens is 2. The number of allylic oxidation sites excluding steroid dienone is 1. The Kier molecular flexibility index (Phi) is 7.89. The van der Waals surface area contributed by atoms with Gasteiger partial charge in [0.2, 0.25) is 0 Å². The van der Waals surface area contributed by atoms with Crippen LogP contribution in [0.5, 0.6) is 11.5 Å². The highest BCUT2D eigenvalue weighted by Gasteiger charge is 2.25. The molecular formula is C34H28F2O4. The second kappa shape index (κ2) is 11.7. The molecule has 0 aromatic heterocycles. The van der Waals surface area contributed by atoms with Crippen LogP contribution in [0.1, 0.15) is 56.8 Å². The van der Waals surface area contributed by atoms with Crippen molar-refractivity contribution < 1.29 is 28.2 Å². The number of benzene rings is 4. The lowest BCUT2D eigenvalue weighted by atomic mass is 10.1. The van der Waals surface area contributed by atoms with Crippen molar-refractivity contribution in [3.63, 3.8) is 0 Å². The number of aliphatic hydroxyl groups is 1. The zero-order valence-electron chi connectivity index (χ0n) is 22.0. The molecule has 1 aliphatic carbocycles. The van der Waals surface area contributed by atoms with E-state index in [0.29, 0.717) is 35.7 Å². The lowest BCUT2D eigenvalue weighted by Gasteiger charge is -2.09. The van der Waals surface area contributed by atoms with Crippen LogP contribution in [-0.4, -0.2) is 10.9 Å². The van der Waals surface area contributed by atoms with E-state index in [-0.39, 0.29) is 23.5 Å². The fourth-order valence-electron chi connectivity index (χ4n) is 4.55. The summed E-state index contributed by atoms with van der Waals surface area (Å²) in [5, 5.41) is 9.66. The van der Waals surface area contributed by atoms with E-state index in [4.69, 9.17) is 9.47 Å². The highest BCUT2D eigenvalue weighted by atomic mass is 19.1. The number of ketones is 1. The van der Waals surface area contributed by atoms with E-state index in [1.54, 1.807) is 31.2 Å². The van der Waals surface area contributed by atoms with Gasteiger partial charge in [-0.25, -0.2) is 8.78 Å². The molecule has 1 atom stereocenters. The van der Waals surface area contributed by atoms with E-state index in [9.17, 15) is 18.7 Å². The molecule has 4 nitrogen and oxygen atoms in total. The largest absolute Gasteiger partial charge is 0.489 e. The van der Waals surface area contributed by atoms with Gasteiger partial charge >= 0.3 is 0 Å². The number of rotatable bonds is 9. The number of hydrogen-bond acceptors (Lipinski definition) is 4. The van der Waals surface area contributed by atoms with Crippen LogP contribution in [0.3, 0.4) is 0 Å². The second-order valence-electron chi connectivity index (χ2n) is 9.73. The zero-order valence-corrected chi connectivity index (χ0v) is 22.0. The molecule has 40 heavy (non-hydrogen) atoms. The van der Waals surface area contributed by atoms with Gasteiger partial charge in [0.15, 0.2) is 5.78 Å². The number of aliphatic hydroxyl groups excluding tert-OH is 1. The molecule has 0 amide bonds. The Morgan fingerprint density at radius 3 is 2.30 bits per heavy atom. The molecule has 0 bridgehead atoms. The third kappa shape index (κ3) is 6.03. The van der Waals surface area contributed by atoms with Gasteiger partial charge in [0.05, 0.1) is 6.10 Å². The molecule has 0 heterocycles. The molecule has 6 heteroatoms. The van der Waals surface area contributed by atoms with Gasteiger partial charge in [-0.15, -0.1) is 0 Å². The standard InChI is InChI=1S/C34H28F2O4/c1-3-24-17-33(36)28(18-32(24)35)20-40-29-10-6-22(7-11-29)14-27-15-26-16-30(12-13-31(26)34(27)38)39-19-23-4-8-25(9-5-23)21(2)37/h3-14,16-18,21,37H,1,15,19-20H2,2H3/b27-14+. The van der Waals surface area contributed by atoms with Crippen molar-refractivity contribution in [3.05, 3.63) is 142 Å². The maximum Gasteiger partial charge on any atom is 0.189 e. The van der Waals surface area contributed by atoms with Crippen molar-refractivity contribution in [1.82, 2.24) is 0 Å². The maximum absolute atomic E-state index is 14.2. The lowest BCUT2D eigenvalue weighted by molar-refractivity contribution is 0.104. The van der Waals surface area contributed by atoms with E-state index < -0.39 is 17.7 Å². The lowest BCUT2D eigenvalue weighted by Crippen LogP contribution is -2.01. The molecule has 1 unspecified atom stereocenters. The van der Waals surface area contributed by atoms with Gasteiger partial charge in [0.1, 0.15) is 36.3 Å². The summed E-state index contributed by atoms with van der Waals surface area (Å²) >= 11 is 0. The Hall–Kier alpha value is -4.55. The fraction of sp³-hybridized carbons (Fsp3) is 0.147. The van der Waals surface area contributed by atoms with Crippen molar-refractivity contribution in [3.8, 4) is 11.5 Å². The van der Waals surface area contributed by atoms with Gasteiger partial charge in [-0.05, 0) is 77.7 Å². The summed E-state index contributed by atoms with van der Waals surface area (Å²) in [5.41, 5.74) is 5.13. The molecule has 0 saturated carbocycles. The minimum absolute atomic E-state index is 0.0175. The molecule has 4 aromatic rings. The topological polar surface area (TPSA) is 55.8 Å². The molecule has 0 aliphatic heterocycles. The van der Waals surface area contributed by atoms with Gasteiger partial charge in [0.25, 0.3) is 0 Å². The number of ether oxygens (including phenoxy) is 2. The smallest absolute Gasteiger partial charge is 0.189 e. The van der Waals surface area contributed by atoms with Crippen molar-refractivity contribution in [2.75, 3.05) is 0 Å². The summed E-state index contributed by atoms with van der Waals surface area (Å²) in [7, 11) is 0. The Labute approximate surface area is 231 Å². The minimum atomic E-state index is -0.558. The Bertz CT molecular complexity index is 1590. The van der Waals surface area contributed by atoms with Gasteiger partial charge in [-0.1, -0.05) is 49.1 Å². The molecule has 202 valence electrons. The second-order valence-corrected chi connectivity index (χ2v) is 9.73. The van der Waals surface area contributed by atoms with E-state index in [1.165, 1.54) is 6.08 Å². The number of fused-ring (bicyclic) bond motifs is 1. The first-order valence-electron chi connectivity index (χ1n) is 12.9. The monoisotopic (exact) mass is 538 g/mol. The highest BCUT2D eigenvalue weighted by molar-refractivity contribution is 6.15. The fourth-order valence-corrected chi connectivity index (χ4v) is 4.55. The predicted octanol–water partition coefficient (Wildman–Crippen LogP) is 7.64. The van der Waals surface area contributed by atoms with Crippen LogP contribution in [0.2, 0.25) is 0 Å². The van der Waals surface area contributed by atoms with Crippen LogP contribution in [-0.2, 0) is 19.6 Å². The Morgan fingerprint density at radius 2 is 1.60 bits per heavy atom. The summed E-state index contributed by atoms with van der Waals surface area (Å²) in [4.78, 5) is 13.0. The van der Waals surface area contributed by atoms with Gasteiger partial charge in [-0.3, -0.25) is 4.79 Å². The summed E-state index contributed by atoms with van der Waals surface area (Å²) in [6.07, 6.45) is 3.09. The van der Waals surface area contributed by atoms with Crippen molar-refractivity contribution in [2.45, 2.75) is 32.7 Å². The number of hydrogen-bond donors (Lipinski definition) is 1. The average Bonchev–Trinajstić information content (AvgIpc) is 3.27. The predicted molar refractivity (Wildman–Crippen MR) is 151 cm³/mol. The van der Waals surface area contributed by atoms with E-state index >= 15 is 0 Å². The highest BCUT2D eigenvalue weighted by Crippen LogP contribution is 2.31. The molecule has 0 fully saturated rings. The third-order valence-corrected chi connectivity index (χ3v) is 6.86. The molecule has 0 saturated heterocycles. The maximum atomic E-state index is 14.2. The molecular weight excluding hydrogens is 510 g/mol. The number of carbonyl (C=O) groups excluding carboxylic acids is 1. The quantitative estimate of drug-likeness (QED) is 0.223. The van der Waals surface area contributed by atoms with Crippen LogP contribution in [0, 0.1) is 11.6 Å². The van der Waals surface area contributed by atoms with Gasteiger partial charge in [0, 0.05) is 28.7 Å². The third-order valence-electron chi connectivity index (χ3n) is 6.86. The summed E-state index contributed by atoms with van der Waals surface area (Å²) in [6.45, 7) is 5.46. The van der Waals surface area contributed by atoms with Crippen molar-refractivity contribution in [1.29, 1.82) is 0 Å². The van der Waals surface area contributed by atoms with Crippen LogP contribution < -0.4 is 9.47 Å². The molecule has 4 aromatic carbocycles. The van der Waals surface area contributed by atoms with Crippen LogP contribution >= 0.6 is 0 Å². The first-order valence-corrected chi connectivity index (χ1v) is 12.9. The van der Waals surface area contributed by atoms with Crippen molar-refractivity contribution in [2.24, 2.45) is 0 Å². The number of carbonyl (C=O) groups is 1. The summed E-state index contributed by atoms with van der Waals surface area (Å²) in [6, 6.07) is 22.4. The van der Waals surface area contributed by atoms with Gasteiger partial charge < -0.3 is 14.6 Å².